The van der Waals surface area contributed by atoms with E-state index in [1.165, 1.54) is 0 Å². The maximum Gasteiger partial charge on any atom is 0.119 e. The number of rotatable bonds is 8. The Kier molecular flexibility index (Phi) is 6.55. The molecule has 116 valence electrons. The third-order valence-electron chi connectivity index (χ3n) is 3.19. The molecule has 0 aromatic heterocycles. The van der Waals surface area contributed by atoms with Gasteiger partial charge < -0.3 is 4.74 Å². The molecule has 2 rings (SSSR count). The molecule has 0 heterocycles. The van der Waals surface area contributed by atoms with Crippen LogP contribution >= 0.6 is 0 Å². The van der Waals surface area contributed by atoms with Crippen molar-refractivity contribution >= 4 is 11.4 Å². The molecule has 0 spiro atoms. The Hall–Kier alpha value is -2.93. The van der Waals surface area contributed by atoms with Crippen LogP contribution in [0.25, 0.3) is 0 Å². The first-order chi connectivity index (χ1) is 11.3. The SMILES string of the molecule is C=CCCCCOc1ccc(N=Nc2ccc(C#N)cc2)cc1. The van der Waals surface area contributed by atoms with Gasteiger partial charge in [-0.05, 0) is 67.8 Å². The largest absolute Gasteiger partial charge is 0.494 e. The molecule has 4 heteroatoms. The molecule has 23 heavy (non-hydrogen) atoms. The van der Waals surface area contributed by atoms with E-state index in [2.05, 4.69) is 22.9 Å². The summed E-state index contributed by atoms with van der Waals surface area (Å²) >= 11 is 0. The molecule has 0 fully saturated rings. The van der Waals surface area contributed by atoms with Gasteiger partial charge >= 0.3 is 0 Å². The van der Waals surface area contributed by atoms with Gasteiger partial charge in [-0.2, -0.15) is 15.5 Å². The van der Waals surface area contributed by atoms with Gasteiger partial charge in [0.25, 0.3) is 0 Å². The lowest BCUT2D eigenvalue weighted by atomic mass is 10.2. The Morgan fingerprint density at radius 2 is 1.57 bits per heavy atom. The van der Waals surface area contributed by atoms with Crippen LogP contribution in [0.4, 0.5) is 11.4 Å². The molecule has 0 amide bonds. The quantitative estimate of drug-likeness (QED) is 0.356. The molecule has 0 unspecified atom stereocenters. The Bertz CT molecular complexity index is 682. The minimum Gasteiger partial charge on any atom is -0.494 e. The predicted octanol–water partition coefficient (Wildman–Crippen LogP) is 5.71. The van der Waals surface area contributed by atoms with E-state index in [1.54, 1.807) is 24.3 Å². The van der Waals surface area contributed by atoms with Crippen molar-refractivity contribution in [1.82, 2.24) is 0 Å². The van der Waals surface area contributed by atoms with Crippen LogP contribution in [0.1, 0.15) is 24.8 Å². The van der Waals surface area contributed by atoms with Gasteiger partial charge in [-0.3, -0.25) is 0 Å². The average molecular weight is 305 g/mol. The van der Waals surface area contributed by atoms with Crippen molar-refractivity contribution in [2.24, 2.45) is 10.2 Å². The maximum absolute atomic E-state index is 8.75. The standard InChI is InChI=1S/C19H19N3O/c1-2-3-4-5-14-23-19-12-10-18(11-13-19)22-21-17-8-6-16(15-20)7-9-17/h2,6-13H,1,3-5,14H2. The fraction of sp³-hybridized carbons (Fsp3) is 0.211. The van der Waals surface area contributed by atoms with Gasteiger partial charge in [0.1, 0.15) is 5.75 Å². The lowest BCUT2D eigenvalue weighted by Crippen LogP contribution is -1.96. The first-order valence-corrected chi connectivity index (χ1v) is 7.57. The number of unbranched alkanes of at least 4 members (excludes halogenated alkanes) is 2. The number of hydrogen-bond acceptors (Lipinski definition) is 4. The third-order valence-corrected chi connectivity index (χ3v) is 3.19. The average Bonchev–Trinajstić information content (AvgIpc) is 2.61. The Balaban J connectivity index is 1.85. The van der Waals surface area contributed by atoms with E-state index in [0.717, 1.165) is 30.7 Å². The molecule has 0 aliphatic heterocycles. The molecule has 0 saturated heterocycles. The molecule has 0 radical (unpaired) electrons. The molecule has 0 saturated carbocycles. The fourth-order valence-corrected chi connectivity index (χ4v) is 1.91. The van der Waals surface area contributed by atoms with E-state index >= 15 is 0 Å². The summed E-state index contributed by atoms with van der Waals surface area (Å²) in [6.45, 7) is 4.41. The number of hydrogen-bond donors (Lipinski definition) is 0. The molecule has 0 bridgehead atoms. The van der Waals surface area contributed by atoms with Crippen molar-refractivity contribution in [2.45, 2.75) is 19.3 Å². The number of nitrogens with zero attached hydrogens (tertiary/aromatic N) is 3. The lowest BCUT2D eigenvalue weighted by molar-refractivity contribution is 0.307. The van der Waals surface area contributed by atoms with Gasteiger partial charge in [-0.15, -0.1) is 6.58 Å². The summed E-state index contributed by atoms with van der Waals surface area (Å²) in [5, 5.41) is 17.1. The normalized spacial score (nSPS) is 10.4. The number of nitriles is 1. The molecule has 4 nitrogen and oxygen atoms in total. The molecular weight excluding hydrogens is 286 g/mol. The smallest absolute Gasteiger partial charge is 0.119 e. The second-order valence-corrected chi connectivity index (χ2v) is 4.99. The Morgan fingerprint density at radius 1 is 0.957 bits per heavy atom. The van der Waals surface area contributed by atoms with E-state index in [4.69, 9.17) is 10.00 Å². The fourth-order valence-electron chi connectivity index (χ4n) is 1.91. The van der Waals surface area contributed by atoms with Crippen LogP contribution in [0.3, 0.4) is 0 Å². The van der Waals surface area contributed by atoms with Crippen LogP contribution in [0.2, 0.25) is 0 Å². The summed E-state index contributed by atoms with van der Waals surface area (Å²) in [6.07, 6.45) is 5.07. The van der Waals surface area contributed by atoms with E-state index in [-0.39, 0.29) is 0 Å². The van der Waals surface area contributed by atoms with Gasteiger partial charge in [0, 0.05) is 0 Å². The van der Waals surface area contributed by atoms with Crippen molar-refractivity contribution in [3.05, 3.63) is 66.7 Å². The zero-order valence-corrected chi connectivity index (χ0v) is 13.0. The summed E-state index contributed by atoms with van der Waals surface area (Å²) in [5.41, 5.74) is 2.08. The Morgan fingerprint density at radius 3 is 2.13 bits per heavy atom. The predicted molar refractivity (Wildman–Crippen MR) is 91.3 cm³/mol. The second kappa shape index (κ2) is 9.16. The molecule has 0 atom stereocenters. The van der Waals surface area contributed by atoms with E-state index in [1.807, 2.05) is 30.3 Å². The highest BCUT2D eigenvalue weighted by atomic mass is 16.5. The monoisotopic (exact) mass is 305 g/mol. The number of azo groups is 1. The third kappa shape index (κ3) is 5.76. The molecule has 2 aromatic carbocycles. The van der Waals surface area contributed by atoms with Gasteiger partial charge in [0.2, 0.25) is 0 Å². The molecule has 0 aliphatic carbocycles. The topological polar surface area (TPSA) is 57.7 Å². The minimum atomic E-state index is 0.610. The van der Waals surface area contributed by atoms with Gasteiger partial charge in [0.05, 0.1) is 29.6 Å². The van der Waals surface area contributed by atoms with Crippen molar-refractivity contribution in [3.8, 4) is 11.8 Å². The summed E-state index contributed by atoms with van der Waals surface area (Å²) in [4.78, 5) is 0. The highest BCUT2D eigenvalue weighted by Gasteiger charge is 1.96. The van der Waals surface area contributed by atoms with E-state index < -0.39 is 0 Å². The van der Waals surface area contributed by atoms with E-state index in [9.17, 15) is 0 Å². The van der Waals surface area contributed by atoms with Crippen LogP contribution < -0.4 is 4.74 Å². The highest BCUT2D eigenvalue weighted by Crippen LogP contribution is 2.21. The second-order valence-electron chi connectivity index (χ2n) is 4.99. The minimum absolute atomic E-state index is 0.610. The summed E-state index contributed by atoms with van der Waals surface area (Å²) < 4.78 is 5.66. The molecule has 0 N–H and O–H groups in total. The van der Waals surface area contributed by atoms with Gasteiger partial charge in [-0.25, -0.2) is 0 Å². The van der Waals surface area contributed by atoms with Crippen molar-refractivity contribution in [3.63, 3.8) is 0 Å². The van der Waals surface area contributed by atoms with E-state index in [0.29, 0.717) is 17.9 Å². The van der Waals surface area contributed by atoms with Crippen LogP contribution in [0.5, 0.6) is 5.75 Å². The highest BCUT2D eigenvalue weighted by molar-refractivity contribution is 5.44. The van der Waals surface area contributed by atoms with Crippen LogP contribution in [0.15, 0.2) is 71.4 Å². The first kappa shape index (κ1) is 16.4. The van der Waals surface area contributed by atoms with Crippen molar-refractivity contribution in [1.29, 1.82) is 5.26 Å². The maximum atomic E-state index is 8.75. The number of allylic oxidation sites excluding steroid dienone is 1. The van der Waals surface area contributed by atoms with Gasteiger partial charge in [-0.1, -0.05) is 6.08 Å². The van der Waals surface area contributed by atoms with Gasteiger partial charge in [0.15, 0.2) is 0 Å². The molecule has 2 aromatic rings. The van der Waals surface area contributed by atoms with Crippen LogP contribution in [-0.2, 0) is 0 Å². The number of ether oxygens (including phenoxy) is 1. The lowest BCUT2D eigenvalue weighted by Gasteiger charge is -2.05. The molecule has 0 aliphatic rings. The van der Waals surface area contributed by atoms with Crippen molar-refractivity contribution in [2.75, 3.05) is 6.61 Å². The summed E-state index contributed by atoms with van der Waals surface area (Å²) in [7, 11) is 0. The Labute approximate surface area is 136 Å². The summed E-state index contributed by atoms with van der Waals surface area (Å²) in [5.74, 6) is 0.834. The van der Waals surface area contributed by atoms with Crippen LogP contribution in [0, 0.1) is 11.3 Å². The first-order valence-electron chi connectivity index (χ1n) is 7.57. The summed E-state index contributed by atoms with van der Waals surface area (Å²) in [6, 6.07) is 16.6. The number of benzene rings is 2. The van der Waals surface area contributed by atoms with Crippen molar-refractivity contribution < 1.29 is 4.74 Å². The zero-order valence-electron chi connectivity index (χ0n) is 13.0. The zero-order chi connectivity index (χ0) is 16.3. The van der Waals surface area contributed by atoms with Crippen LogP contribution in [-0.4, -0.2) is 6.61 Å². The molecular formula is C19H19N3O.